The Morgan fingerprint density at radius 2 is 1.56 bits per heavy atom. The van der Waals surface area contributed by atoms with Crippen LogP contribution >= 0.6 is 0 Å². The Kier molecular flexibility index (Phi) is 6.06. The van der Waals surface area contributed by atoms with Crippen LogP contribution in [-0.2, 0) is 14.3 Å². The number of hydrogen-bond acceptors (Lipinski definition) is 5. The Bertz CT molecular complexity index is 760. The second-order valence-corrected chi connectivity index (χ2v) is 5.58. The zero-order valence-electron chi connectivity index (χ0n) is 14.4. The molecule has 130 valence electrons. The summed E-state index contributed by atoms with van der Waals surface area (Å²) in [4.78, 5) is 36.2. The number of ether oxygens (including phenoxy) is 2. The van der Waals surface area contributed by atoms with Crippen molar-refractivity contribution in [3.05, 3.63) is 65.2 Å². The molecule has 0 amide bonds. The lowest BCUT2D eigenvalue weighted by atomic mass is 9.90. The standard InChI is InChI=1S/C20H20O5/c1-4-24-20(23)18(19(22)16-7-5-13(2)6-8-16)15-9-11-17(12-10-15)25-14(3)21/h5-12,18H,4H2,1-3H3. The summed E-state index contributed by atoms with van der Waals surface area (Å²) in [6.07, 6.45) is 0. The van der Waals surface area contributed by atoms with Crippen molar-refractivity contribution in [2.75, 3.05) is 6.61 Å². The number of ketones is 1. The third-order valence-corrected chi connectivity index (χ3v) is 3.60. The van der Waals surface area contributed by atoms with Crippen molar-refractivity contribution in [1.82, 2.24) is 0 Å². The molecule has 0 N–H and O–H groups in total. The molecule has 0 aliphatic heterocycles. The number of aryl methyl sites for hydroxylation is 1. The van der Waals surface area contributed by atoms with Gasteiger partial charge < -0.3 is 9.47 Å². The van der Waals surface area contributed by atoms with Gasteiger partial charge in [0.05, 0.1) is 6.61 Å². The first-order chi connectivity index (χ1) is 11.9. The molecule has 0 fully saturated rings. The predicted octanol–water partition coefficient (Wildman–Crippen LogP) is 3.45. The van der Waals surface area contributed by atoms with E-state index in [1.165, 1.54) is 6.92 Å². The summed E-state index contributed by atoms with van der Waals surface area (Å²) in [5, 5.41) is 0. The van der Waals surface area contributed by atoms with Crippen molar-refractivity contribution in [3.8, 4) is 5.75 Å². The number of hydrogen-bond donors (Lipinski definition) is 0. The third-order valence-electron chi connectivity index (χ3n) is 3.60. The molecule has 0 aliphatic carbocycles. The van der Waals surface area contributed by atoms with Crippen molar-refractivity contribution < 1.29 is 23.9 Å². The highest BCUT2D eigenvalue weighted by Gasteiger charge is 2.30. The number of benzene rings is 2. The van der Waals surface area contributed by atoms with Gasteiger partial charge in [-0.05, 0) is 31.5 Å². The average molecular weight is 340 g/mol. The van der Waals surface area contributed by atoms with Crippen LogP contribution in [0.5, 0.6) is 5.75 Å². The Balaban J connectivity index is 2.35. The molecule has 25 heavy (non-hydrogen) atoms. The van der Waals surface area contributed by atoms with Crippen LogP contribution in [0.3, 0.4) is 0 Å². The summed E-state index contributed by atoms with van der Waals surface area (Å²) in [5.41, 5.74) is 1.95. The lowest BCUT2D eigenvalue weighted by Gasteiger charge is -2.15. The first kappa shape index (κ1) is 18.4. The molecule has 0 spiro atoms. The number of Topliss-reactive ketones (excluding diaryl/α,β-unsaturated/α-hetero) is 1. The van der Waals surface area contributed by atoms with Crippen LogP contribution in [0.4, 0.5) is 0 Å². The molecule has 2 aromatic rings. The first-order valence-corrected chi connectivity index (χ1v) is 7.98. The van der Waals surface area contributed by atoms with Gasteiger partial charge in [-0.3, -0.25) is 14.4 Å². The fourth-order valence-electron chi connectivity index (χ4n) is 2.40. The molecule has 1 atom stereocenters. The van der Waals surface area contributed by atoms with Gasteiger partial charge >= 0.3 is 11.9 Å². The topological polar surface area (TPSA) is 69.7 Å². The molecule has 0 saturated heterocycles. The average Bonchev–Trinajstić information content (AvgIpc) is 2.57. The maximum absolute atomic E-state index is 12.8. The van der Waals surface area contributed by atoms with Crippen LogP contribution in [-0.4, -0.2) is 24.3 Å². The van der Waals surface area contributed by atoms with Gasteiger partial charge in [-0.1, -0.05) is 42.0 Å². The highest BCUT2D eigenvalue weighted by Crippen LogP contribution is 2.25. The molecule has 1 unspecified atom stereocenters. The van der Waals surface area contributed by atoms with E-state index in [-0.39, 0.29) is 12.4 Å². The molecule has 2 aromatic carbocycles. The molecule has 0 aromatic heterocycles. The summed E-state index contributed by atoms with van der Waals surface area (Å²) in [5.74, 6) is -2.09. The van der Waals surface area contributed by atoms with Crippen LogP contribution < -0.4 is 4.74 Å². The van der Waals surface area contributed by atoms with Crippen molar-refractivity contribution in [2.24, 2.45) is 0 Å². The molecule has 0 heterocycles. The van der Waals surface area contributed by atoms with E-state index in [4.69, 9.17) is 9.47 Å². The van der Waals surface area contributed by atoms with Crippen molar-refractivity contribution in [1.29, 1.82) is 0 Å². The first-order valence-electron chi connectivity index (χ1n) is 7.98. The monoisotopic (exact) mass is 340 g/mol. The minimum absolute atomic E-state index is 0.183. The molecule has 5 nitrogen and oxygen atoms in total. The highest BCUT2D eigenvalue weighted by atomic mass is 16.5. The molecule has 2 rings (SSSR count). The van der Waals surface area contributed by atoms with Gasteiger partial charge in [0.1, 0.15) is 11.7 Å². The van der Waals surface area contributed by atoms with E-state index >= 15 is 0 Å². The summed E-state index contributed by atoms with van der Waals surface area (Å²) in [7, 11) is 0. The van der Waals surface area contributed by atoms with E-state index in [9.17, 15) is 14.4 Å². The minimum Gasteiger partial charge on any atom is -0.465 e. The third kappa shape index (κ3) is 4.76. The summed E-state index contributed by atoms with van der Waals surface area (Å²) < 4.78 is 10.0. The quantitative estimate of drug-likeness (QED) is 0.349. The van der Waals surface area contributed by atoms with Gasteiger partial charge in [0.25, 0.3) is 0 Å². The van der Waals surface area contributed by atoms with E-state index in [1.807, 2.05) is 19.1 Å². The number of carbonyl (C=O) groups is 3. The largest absolute Gasteiger partial charge is 0.465 e. The summed E-state index contributed by atoms with van der Waals surface area (Å²) in [6, 6.07) is 13.3. The number of rotatable bonds is 6. The maximum atomic E-state index is 12.8. The molecule has 0 radical (unpaired) electrons. The van der Waals surface area contributed by atoms with E-state index < -0.39 is 17.9 Å². The van der Waals surface area contributed by atoms with E-state index in [0.717, 1.165) is 5.56 Å². The second-order valence-electron chi connectivity index (χ2n) is 5.58. The Morgan fingerprint density at radius 1 is 0.960 bits per heavy atom. The number of carbonyl (C=O) groups excluding carboxylic acids is 3. The smallest absolute Gasteiger partial charge is 0.321 e. The fraction of sp³-hybridized carbons (Fsp3) is 0.250. The van der Waals surface area contributed by atoms with Crippen molar-refractivity contribution in [2.45, 2.75) is 26.7 Å². The molecule has 0 bridgehead atoms. The van der Waals surface area contributed by atoms with Gasteiger partial charge in [-0.15, -0.1) is 0 Å². The van der Waals surface area contributed by atoms with Gasteiger partial charge in [0.15, 0.2) is 5.78 Å². The van der Waals surface area contributed by atoms with Crippen molar-refractivity contribution >= 4 is 17.7 Å². The summed E-state index contributed by atoms with van der Waals surface area (Å²) >= 11 is 0. The number of esters is 2. The van der Waals surface area contributed by atoms with Crippen LogP contribution in [0.2, 0.25) is 0 Å². The van der Waals surface area contributed by atoms with Crippen LogP contribution in [0, 0.1) is 6.92 Å². The molecule has 5 heteroatoms. The Morgan fingerprint density at radius 3 is 2.08 bits per heavy atom. The zero-order chi connectivity index (χ0) is 18.4. The Hall–Kier alpha value is -2.95. The molecular weight excluding hydrogens is 320 g/mol. The van der Waals surface area contributed by atoms with E-state index in [0.29, 0.717) is 16.9 Å². The van der Waals surface area contributed by atoms with Crippen LogP contribution in [0.25, 0.3) is 0 Å². The molecule has 0 aliphatic rings. The Labute approximate surface area is 146 Å². The van der Waals surface area contributed by atoms with Gasteiger partial charge in [-0.2, -0.15) is 0 Å². The normalized spacial score (nSPS) is 11.5. The molecular formula is C20H20O5. The lowest BCUT2D eigenvalue weighted by molar-refractivity contribution is -0.143. The maximum Gasteiger partial charge on any atom is 0.321 e. The van der Waals surface area contributed by atoms with E-state index in [1.54, 1.807) is 43.3 Å². The fourth-order valence-corrected chi connectivity index (χ4v) is 2.40. The summed E-state index contributed by atoms with van der Waals surface area (Å²) in [6.45, 7) is 5.10. The molecule has 0 saturated carbocycles. The van der Waals surface area contributed by atoms with Crippen LogP contribution in [0.1, 0.15) is 41.3 Å². The zero-order valence-corrected chi connectivity index (χ0v) is 14.4. The van der Waals surface area contributed by atoms with Gasteiger partial charge in [0.2, 0.25) is 0 Å². The van der Waals surface area contributed by atoms with Gasteiger partial charge in [-0.25, -0.2) is 0 Å². The highest BCUT2D eigenvalue weighted by molar-refractivity contribution is 6.13. The van der Waals surface area contributed by atoms with Crippen molar-refractivity contribution in [3.63, 3.8) is 0 Å². The predicted molar refractivity (Wildman–Crippen MR) is 92.6 cm³/mol. The van der Waals surface area contributed by atoms with E-state index in [2.05, 4.69) is 0 Å². The lowest BCUT2D eigenvalue weighted by Crippen LogP contribution is -2.24. The SMILES string of the molecule is CCOC(=O)C(C(=O)c1ccc(C)cc1)c1ccc(OC(C)=O)cc1. The van der Waals surface area contributed by atoms with Gasteiger partial charge in [0, 0.05) is 12.5 Å². The van der Waals surface area contributed by atoms with Crippen LogP contribution in [0.15, 0.2) is 48.5 Å². The minimum atomic E-state index is -1.06. The second kappa shape index (κ2) is 8.24.